The maximum Gasteiger partial charge on any atom is 0.222 e. The third-order valence-corrected chi connectivity index (χ3v) is 8.23. The van der Waals surface area contributed by atoms with Crippen molar-refractivity contribution in [2.75, 3.05) is 27.3 Å². The Morgan fingerprint density at radius 1 is 0.886 bits per heavy atom. The highest BCUT2D eigenvalue weighted by molar-refractivity contribution is 7.92. The maximum absolute atomic E-state index is 12.8. The highest BCUT2D eigenvalue weighted by Crippen LogP contribution is 2.30. The summed E-state index contributed by atoms with van der Waals surface area (Å²) in [5.74, 6) is 1.79. The number of sulfone groups is 1. The van der Waals surface area contributed by atoms with Crippen LogP contribution in [0.25, 0.3) is 0 Å². The Morgan fingerprint density at radius 3 is 2.26 bits per heavy atom. The van der Waals surface area contributed by atoms with Crippen LogP contribution < -0.4 is 14.2 Å². The minimum atomic E-state index is -3.48. The van der Waals surface area contributed by atoms with E-state index in [0.717, 1.165) is 11.1 Å². The second-order valence-corrected chi connectivity index (χ2v) is 10.6. The topological polar surface area (TPSA) is 82.1 Å². The Bertz CT molecular complexity index is 1250. The van der Waals surface area contributed by atoms with Gasteiger partial charge in [0.1, 0.15) is 17.6 Å². The van der Waals surface area contributed by atoms with E-state index in [0.29, 0.717) is 36.7 Å². The van der Waals surface area contributed by atoms with Crippen molar-refractivity contribution in [1.82, 2.24) is 4.90 Å². The summed E-state index contributed by atoms with van der Waals surface area (Å²) in [6.07, 6.45) is 0.816. The first-order chi connectivity index (χ1) is 16.9. The lowest BCUT2D eigenvalue weighted by molar-refractivity contribution is -0.134. The van der Waals surface area contributed by atoms with Gasteiger partial charge in [0, 0.05) is 19.5 Å². The molecule has 1 fully saturated rings. The van der Waals surface area contributed by atoms with E-state index in [4.69, 9.17) is 14.2 Å². The van der Waals surface area contributed by atoms with E-state index in [1.54, 1.807) is 36.3 Å². The number of carbonyl (C=O) groups excluding carboxylic acids is 1. The van der Waals surface area contributed by atoms with Crippen molar-refractivity contribution in [3.63, 3.8) is 0 Å². The molecule has 0 saturated carbocycles. The molecule has 35 heavy (non-hydrogen) atoms. The number of carbonyl (C=O) groups is 1. The largest absolute Gasteiger partial charge is 0.497 e. The zero-order valence-corrected chi connectivity index (χ0v) is 20.7. The number of rotatable bonds is 10. The summed E-state index contributed by atoms with van der Waals surface area (Å²) in [5, 5.41) is -0.584. The first-order valence-electron chi connectivity index (χ1n) is 11.4. The molecule has 3 aromatic carbocycles. The van der Waals surface area contributed by atoms with Gasteiger partial charge in [0.15, 0.2) is 21.3 Å². The number of amides is 1. The van der Waals surface area contributed by atoms with Gasteiger partial charge in [-0.25, -0.2) is 8.42 Å². The Kier molecular flexibility index (Phi) is 7.60. The van der Waals surface area contributed by atoms with E-state index in [9.17, 15) is 13.2 Å². The van der Waals surface area contributed by atoms with E-state index in [2.05, 4.69) is 0 Å². The number of hydrogen-bond acceptors (Lipinski definition) is 6. The quantitative estimate of drug-likeness (QED) is 0.424. The summed E-state index contributed by atoms with van der Waals surface area (Å²) in [5.41, 5.74) is 2.00. The van der Waals surface area contributed by atoms with Crippen molar-refractivity contribution in [2.45, 2.75) is 29.6 Å². The fraction of sp³-hybridized carbons (Fsp3) is 0.296. The van der Waals surface area contributed by atoms with Crippen molar-refractivity contribution >= 4 is 15.7 Å². The SMILES string of the molecule is COc1ccc(S(=O)(=O)C2CN(C(=O)CCc3ccc(OC)c(OCc4ccccc4)c3)C2)cc1. The number of ether oxygens (including phenoxy) is 3. The molecule has 184 valence electrons. The summed E-state index contributed by atoms with van der Waals surface area (Å²) in [7, 11) is -0.361. The molecule has 0 aromatic heterocycles. The van der Waals surface area contributed by atoms with Crippen LogP contribution in [0, 0.1) is 0 Å². The Balaban J connectivity index is 1.31. The van der Waals surface area contributed by atoms with Crippen LogP contribution in [-0.4, -0.2) is 51.8 Å². The number of nitrogens with zero attached hydrogens (tertiary/aromatic N) is 1. The molecule has 0 radical (unpaired) electrons. The molecule has 7 nitrogen and oxygen atoms in total. The predicted octanol–water partition coefficient (Wildman–Crippen LogP) is 3.90. The smallest absolute Gasteiger partial charge is 0.222 e. The second-order valence-electron chi connectivity index (χ2n) is 8.40. The standard InChI is InChI=1S/C27H29NO6S/c1-32-22-10-12-23(13-11-22)35(30,31)24-17-28(18-24)27(29)15-9-20-8-14-25(33-2)26(16-20)34-19-21-6-4-3-5-7-21/h3-8,10-14,16,24H,9,15,17-19H2,1-2H3. The normalized spacial score (nSPS) is 13.7. The number of benzene rings is 3. The average Bonchev–Trinajstić information content (AvgIpc) is 2.86. The van der Waals surface area contributed by atoms with Gasteiger partial charge >= 0.3 is 0 Å². The van der Waals surface area contributed by atoms with Crippen LogP contribution in [0.4, 0.5) is 0 Å². The lowest BCUT2D eigenvalue weighted by Crippen LogP contribution is -2.56. The molecule has 0 aliphatic carbocycles. The van der Waals surface area contributed by atoms with E-state index in [-0.39, 0.29) is 23.9 Å². The lowest BCUT2D eigenvalue weighted by Gasteiger charge is -2.38. The molecule has 1 aliphatic heterocycles. The van der Waals surface area contributed by atoms with Crippen LogP contribution in [-0.2, 0) is 27.7 Å². The maximum atomic E-state index is 12.8. The van der Waals surface area contributed by atoms with Gasteiger partial charge in [-0.1, -0.05) is 36.4 Å². The first-order valence-corrected chi connectivity index (χ1v) is 12.9. The van der Waals surface area contributed by atoms with E-state index >= 15 is 0 Å². The summed E-state index contributed by atoms with van der Waals surface area (Å²) >= 11 is 0. The van der Waals surface area contributed by atoms with Crippen molar-refractivity contribution in [3.8, 4) is 17.2 Å². The number of aryl methyl sites for hydroxylation is 1. The predicted molar refractivity (Wildman–Crippen MR) is 133 cm³/mol. The molecule has 8 heteroatoms. The van der Waals surface area contributed by atoms with Gasteiger partial charge in [0.05, 0.1) is 19.1 Å². The Labute approximate surface area is 206 Å². The molecule has 0 bridgehead atoms. The van der Waals surface area contributed by atoms with Crippen LogP contribution in [0.15, 0.2) is 77.7 Å². The molecule has 1 saturated heterocycles. The molecule has 1 amide bonds. The van der Waals surface area contributed by atoms with Gasteiger partial charge in [-0.15, -0.1) is 0 Å². The molecule has 1 aliphatic rings. The number of methoxy groups -OCH3 is 2. The molecule has 0 unspecified atom stereocenters. The molecule has 0 spiro atoms. The van der Waals surface area contributed by atoms with Gasteiger partial charge in [-0.3, -0.25) is 4.79 Å². The molecule has 0 atom stereocenters. The second kappa shape index (κ2) is 10.8. The first kappa shape index (κ1) is 24.6. The zero-order valence-electron chi connectivity index (χ0n) is 19.8. The van der Waals surface area contributed by atoms with E-state index in [1.165, 1.54) is 7.11 Å². The highest BCUT2D eigenvalue weighted by Gasteiger charge is 2.40. The summed E-state index contributed by atoms with van der Waals surface area (Å²) < 4.78 is 42.1. The fourth-order valence-electron chi connectivity index (χ4n) is 3.93. The minimum absolute atomic E-state index is 0.0613. The average molecular weight is 496 g/mol. The van der Waals surface area contributed by atoms with Crippen LogP contribution in [0.1, 0.15) is 17.5 Å². The highest BCUT2D eigenvalue weighted by atomic mass is 32.2. The third-order valence-electron chi connectivity index (χ3n) is 6.12. The number of likely N-dealkylation sites (tertiary alicyclic amines) is 1. The molecule has 3 aromatic rings. The lowest BCUT2D eigenvalue weighted by atomic mass is 10.1. The molecular formula is C27H29NO6S. The van der Waals surface area contributed by atoms with Crippen molar-refractivity contribution < 1.29 is 27.4 Å². The Hall–Kier alpha value is -3.52. The zero-order chi connectivity index (χ0) is 24.8. The molecular weight excluding hydrogens is 466 g/mol. The summed E-state index contributed by atoms with van der Waals surface area (Å²) in [4.78, 5) is 14.5. The van der Waals surface area contributed by atoms with Gasteiger partial charge < -0.3 is 19.1 Å². The van der Waals surface area contributed by atoms with Crippen LogP contribution >= 0.6 is 0 Å². The van der Waals surface area contributed by atoms with Crippen LogP contribution in [0.5, 0.6) is 17.2 Å². The van der Waals surface area contributed by atoms with Crippen molar-refractivity contribution in [1.29, 1.82) is 0 Å². The molecule has 0 N–H and O–H groups in total. The van der Waals surface area contributed by atoms with Gasteiger partial charge in [0.25, 0.3) is 0 Å². The Morgan fingerprint density at radius 2 is 1.60 bits per heavy atom. The van der Waals surface area contributed by atoms with E-state index < -0.39 is 15.1 Å². The number of hydrogen-bond donors (Lipinski definition) is 0. The van der Waals surface area contributed by atoms with Crippen LogP contribution in [0.2, 0.25) is 0 Å². The van der Waals surface area contributed by atoms with Gasteiger partial charge in [0.2, 0.25) is 5.91 Å². The van der Waals surface area contributed by atoms with E-state index in [1.807, 2.05) is 48.5 Å². The van der Waals surface area contributed by atoms with Crippen molar-refractivity contribution in [2.24, 2.45) is 0 Å². The fourth-order valence-corrected chi connectivity index (χ4v) is 5.58. The minimum Gasteiger partial charge on any atom is -0.497 e. The summed E-state index contributed by atoms with van der Waals surface area (Å²) in [6.45, 7) is 0.833. The van der Waals surface area contributed by atoms with Gasteiger partial charge in [-0.2, -0.15) is 0 Å². The van der Waals surface area contributed by atoms with Crippen molar-refractivity contribution in [3.05, 3.63) is 83.9 Å². The molecule has 1 heterocycles. The monoisotopic (exact) mass is 495 g/mol. The van der Waals surface area contributed by atoms with Gasteiger partial charge in [-0.05, 0) is 53.9 Å². The van der Waals surface area contributed by atoms with Crippen LogP contribution in [0.3, 0.4) is 0 Å². The molecule has 4 rings (SSSR count). The third kappa shape index (κ3) is 5.77. The summed E-state index contributed by atoms with van der Waals surface area (Å²) in [6, 6.07) is 21.8.